The molecule has 0 radical (unpaired) electrons. The minimum absolute atomic E-state index is 0.0278. The molecule has 4 heterocycles. The molecule has 10 nitrogen and oxygen atoms in total. The summed E-state index contributed by atoms with van der Waals surface area (Å²) in [5.74, 6) is 2.62. The molecule has 0 bridgehead atoms. The van der Waals surface area contributed by atoms with E-state index < -0.39 is 0 Å². The fourth-order valence-electron chi connectivity index (χ4n) is 5.42. The third kappa shape index (κ3) is 5.40. The third-order valence-electron chi connectivity index (χ3n) is 7.75. The normalized spacial score (nSPS) is 13.5. The van der Waals surface area contributed by atoms with Gasteiger partial charge >= 0.3 is 0 Å². The number of aromatic nitrogens is 4. The highest BCUT2D eigenvalue weighted by Crippen LogP contribution is 2.34. The van der Waals surface area contributed by atoms with Crippen LogP contribution in [0.1, 0.15) is 23.3 Å². The topological polar surface area (TPSA) is 123 Å². The average molecular weight is 584 g/mol. The molecule has 1 saturated heterocycles. The molecule has 0 atom stereocenters. The Kier molecular flexibility index (Phi) is 7.77. The van der Waals surface area contributed by atoms with E-state index in [0.717, 1.165) is 54.0 Å². The number of nitrogen functional groups attached to an aromatic ring is 1. The van der Waals surface area contributed by atoms with E-state index in [1.807, 2.05) is 18.3 Å². The van der Waals surface area contributed by atoms with Gasteiger partial charge in [0.1, 0.15) is 11.6 Å². The van der Waals surface area contributed by atoms with Crippen molar-refractivity contribution in [2.24, 2.45) is 0 Å². The number of nitrogens with zero attached hydrogens (tertiary/aromatic N) is 4. The Balaban J connectivity index is 1.14. The molecular formula is C31H33N7O3S. The molecule has 5 aromatic rings. The molecule has 0 amide bonds. The van der Waals surface area contributed by atoms with E-state index in [-0.39, 0.29) is 5.78 Å². The number of Topliss-reactive ketones (excluding diaryl/α,β-unsaturated/α-hetero) is 1. The van der Waals surface area contributed by atoms with Gasteiger partial charge in [-0.05, 0) is 54.5 Å². The number of rotatable bonds is 9. The van der Waals surface area contributed by atoms with Gasteiger partial charge in [0.25, 0.3) is 0 Å². The van der Waals surface area contributed by atoms with Gasteiger partial charge in [-0.25, -0.2) is 9.97 Å². The van der Waals surface area contributed by atoms with Crippen molar-refractivity contribution in [1.82, 2.24) is 24.8 Å². The molecule has 6 rings (SSSR count). The fourth-order valence-corrected chi connectivity index (χ4v) is 5.71. The average Bonchev–Trinajstić information content (AvgIpc) is 3.46. The first kappa shape index (κ1) is 27.7. The number of fused-ring (bicyclic) bond motifs is 2. The van der Waals surface area contributed by atoms with Crippen LogP contribution in [0.4, 0.5) is 11.6 Å². The first-order valence-corrected chi connectivity index (χ1v) is 14.4. The zero-order valence-corrected chi connectivity index (χ0v) is 24.5. The third-order valence-corrected chi connectivity index (χ3v) is 8.06. The summed E-state index contributed by atoms with van der Waals surface area (Å²) < 4.78 is 12.9. The molecule has 11 heteroatoms. The molecule has 42 heavy (non-hydrogen) atoms. The van der Waals surface area contributed by atoms with E-state index in [4.69, 9.17) is 32.4 Å². The summed E-state index contributed by atoms with van der Waals surface area (Å²) in [5.41, 5.74) is 10.7. The van der Waals surface area contributed by atoms with Crippen molar-refractivity contribution in [3.05, 3.63) is 65.2 Å². The largest absolute Gasteiger partial charge is 0.493 e. The molecular weight excluding hydrogens is 550 g/mol. The lowest BCUT2D eigenvalue weighted by molar-refractivity contribution is 0.0974. The standard InChI is InChI=1S/C31H33N7O3S/c1-40-27-16-22-24(17-28(27)41-2)36-31(42)38(30(22)32)11-3-4-26(39)25-15-20-6-5-19(14-23(20)35-25)21-7-8-29(34-18-21)37-12-9-33-10-13-37/h5-8,14-18,33,35H,3-4,9-13,32H2,1-2H3. The van der Waals surface area contributed by atoms with Crippen molar-refractivity contribution >= 4 is 51.4 Å². The molecule has 0 aliphatic carbocycles. The number of carbonyl (C=O) groups is 1. The Morgan fingerprint density at radius 3 is 2.52 bits per heavy atom. The van der Waals surface area contributed by atoms with Crippen LogP contribution in [-0.4, -0.2) is 65.7 Å². The van der Waals surface area contributed by atoms with E-state index in [0.29, 0.717) is 58.1 Å². The van der Waals surface area contributed by atoms with Gasteiger partial charge in [0, 0.05) is 73.3 Å². The van der Waals surface area contributed by atoms with Gasteiger partial charge in [-0.1, -0.05) is 12.1 Å². The van der Waals surface area contributed by atoms with Gasteiger partial charge in [0.15, 0.2) is 17.3 Å². The Hall–Kier alpha value is -4.48. The molecule has 216 valence electrons. The van der Waals surface area contributed by atoms with E-state index >= 15 is 0 Å². The lowest BCUT2D eigenvalue weighted by atomic mass is 10.1. The fraction of sp³-hybridized carbons (Fsp3) is 0.290. The van der Waals surface area contributed by atoms with Crippen molar-refractivity contribution in [3.63, 3.8) is 0 Å². The maximum absolute atomic E-state index is 13.1. The highest BCUT2D eigenvalue weighted by atomic mass is 32.1. The van der Waals surface area contributed by atoms with Gasteiger partial charge in [-0.3, -0.25) is 4.79 Å². The Bertz CT molecular complexity index is 1830. The quantitative estimate of drug-likeness (QED) is 0.163. The number of anilines is 2. The summed E-state index contributed by atoms with van der Waals surface area (Å²) in [6.07, 6.45) is 2.81. The number of pyridine rings is 1. The number of hydrogen-bond acceptors (Lipinski definition) is 9. The highest BCUT2D eigenvalue weighted by Gasteiger charge is 2.15. The molecule has 2 aromatic carbocycles. The van der Waals surface area contributed by atoms with Crippen LogP contribution in [-0.2, 0) is 6.54 Å². The Labute approximate surface area is 248 Å². The number of carbonyl (C=O) groups excluding carboxylic acids is 1. The lowest BCUT2D eigenvalue weighted by Gasteiger charge is -2.28. The number of benzene rings is 2. The van der Waals surface area contributed by atoms with Gasteiger partial charge < -0.3 is 35.0 Å². The van der Waals surface area contributed by atoms with E-state index in [1.165, 1.54) is 0 Å². The molecule has 1 fully saturated rings. The number of nitrogens with one attached hydrogen (secondary N) is 2. The lowest BCUT2D eigenvalue weighted by Crippen LogP contribution is -2.43. The van der Waals surface area contributed by atoms with E-state index in [2.05, 4.69) is 44.5 Å². The van der Waals surface area contributed by atoms with Crippen LogP contribution in [0.25, 0.3) is 32.9 Å². The minimum Gasteiger partial charge on any atom is -0.493 e. The van der Waals surface area contributed by atoms with Gasteiger partial charge in [0.2, 0.25) is 4.77 Å². The number of ketones is 1. The first-order chi connectivity index (χ1) is 20.4. The molecule has 1 aliphatic rings. The second-order valence-electron chi connectivity index (χ2n) is 10.3. The SMILES string of the molecule is COc1cc2nc(=S)n(CCCC(=O)c3cc4ccc(-c5ccc(N6CCNCC6)nc5)cc4[nH]3)c(N)c2cc1OC. The van der Waals surface area contributed by atoms with Crippen LogP contribution in [0, 0.1) is 4.77 Å². The number of ether oxygens (including phenoxy) is 2. The molecule has 1 aliphatic heterocycles. The smallest absolute Gasteiger partial charge is 0.201 e. The summed E-state index contributed by atoms with van der Waals surface area (Å²) in [5, 5.41) is 5.07. The Morgan fingerprint density at radius 2 is 1.79 bits per heavy atom. The molecule has 0 saturated carbocycles. The maximum Gasteiger partial charge on any atom is 0.201 e. The van der Waals surface area contributed by atoms with Crippen LogP contribution >= 0.6 is 12.2 Å². The van der Waals surface area contributed by atoms with Crippen LogP contribution in [0.3, 0.4) is 0 Å². The second kappa shape index (κ2) is 11.8. The van der Waals surface area contributed by atoms with Crippen molar-refractivity contribution in [3.8, 4) is 22.6 Å². The monoisotopic (exact) mass is 583 g/mol. The van der Waals surface area contributed by atoms with Crippen LogP contribution in [0.2, 0.25) is 0 Å². The van der Waals surface area contributed by atoms with Crippen LogP contribution < -0.4 is 25.4 Å². The molecule has 4 N–H and O–H groups in total. The van der Waals surface area contributed by atoms with E-state index in [1.54, 1.807) is 30.9 Å². The second-order valence-corrected chi connectivity index (χ2v) is 10.7. The van der Waals surface area contributed by atoms with Crippen molar-refractivity contribution in [2.75, 3.05) is 51.0 Å². The zero-order chi connectivity index (χ0) is 29.2. The Morgan fingerprint density at radius 1 is 1.02 bits per heavy atom. The number of H-pyrrole nitrogens is 1. The summed E-state index contributed by atoms with van der Waals surface area (Å²) in [7, 11) is 3.14. The van der Waals surface area contributed by atoms with Crippen molar-refractivity contribution < 1.29 is 14.3 Å². The maximum atomic E-state index is 13.1. The summed E-state index contributed by atoms with van der Waals surface area (Å²) in [4.78, 5) is 27.9. The molecule has 0 spiro atoms. The van der Waals surface area contributed by atoms with Crippen LogP contribution in [0.15, 0.2) is 54.7 Å². The van der Waals surface area contributed by atoms with Gasteiger partial charge in [-0.15, -0.1) is 0 Å². The first-order valence-electron chi connectivity index (χ1n) is 14.0. The predicted molar refractivity (Wildman–Crippen MR) is 168 cm³/mol. The predicted octanol–water partition coefficient (Wildman–Crippen LogP) is 4.98. The number of nitrogens with two attached hydrogens (primary N) is 1. The number of piperazine rings is 1. The summed E-state index contributed by atoms with van der Waals surface area (Å²) in [6, 6.07) is 15.8. The number of methoxy groups -OCH3 is 2. The van der Waals surface area contributed by atoms with Crippen molar-refractivity contribution in [1.29, 1.82) is 0 Å². The highest BCUT2D eigenvalue weighted by molar-refractivity contribution is 7.71. The molecule has 0 unspecified atom stereocenters. The molecule has 3 aromatic heterocycles. The minimum atomic E-state index is 0.0278. The van der Waals surface area contributed by atoms with Crippen LogP contribution in [0.5, 0.6) is 11.5 Å². The van der Waals surface area contributed by atoms with Crippen molar-refractivity contribution in [2.45, 2.75) is 19.4 Å². The summed E-state index contributed by atoms with van der Waals surface area (Å²) in [6.45, 7) is 4.34. The zero-order valence-electron chi connectivity index (χ0n) is 23.6. The summed E-state index contributed by atoms with van der Waals surface area (Å²) >= 11 is 5.52. The van der Waals surface area contributed by atoms with Gasteiger partial charge in [-0.2, -0.15) is 0 Å². The van der Waals surface area contributed by atoms with E-state index in [9.17, 15) is 4.79 Å². The van der Waals surface area contributed by atoms with Gasteiger partial charge in [0.05, 0.1) is 25.4 Å². The number of aromatic amines is 1. The number of hydrogen-bond donors (Lipinski definition) is 3.